The molecule has 2 aromatic rings. The molecule has 1 N–H and O–H groups in total. The van der Waals surface area contributed by atoms with Crippen LogP contribution in [0.25, 0.3) is 11.3 Å². The lowest BCUT2D eigenvalue weighted by molar-refractivity contribution is -0.384. The van der Waals surface area contributed by atoms with Crippen molar-refractivity contribution < 1.29 is 4.92 Å². The average Bonchev–Trinajstić information content (AvgIpc) is 2.87. The molecular weight excluding hydrogens is 246 g/mol. The third kappa shape index (κ3) is 2.87. The van der Waals surface area contributed by atoms with Crippen molar-refractivity contribution in [1.29, 1.82) is 0 Å². The number of aryl methyl sites for hydroxylation is 1. The summed E-state index contributed by atoms with van der Waals surface area (Å²) in [6.45, 7) is 2.87. The molecule has 0 saturated carbocycles. The van der Waals surface area contributed by atoms with E-state index in [-0.39, 0.29) is 5.69 Å². The summed E-state index contributed by atoms with van der Waals surface area (Å²) in [5, 5.41) is 17.9. The van der Waals surface area contributed by atoms with Gasteiger partial charge in [-0.2, -0.15) is 5.10 Å². The molecule has 0 aliphatic carbocycles. The summed E-state index contributed by atoms with van der Waals surface area (Å²) >= 11 is 0. The second-order valence-electron chi connectivity index (χ2n) is 4.10. The molecule has 0 unspecified atom stereocenters. The average molecular weight is 261 g/mol. The van der Waals surface area contributed by atoms with Gasteiger partial charge in [-0.3, -0.25) is 14.8 Å². The van der Waals surface area contributed by atoms with Crippen molar-refractivity contribution in [3.05, 3.63) is 34.6 Å². The first kappa shape index (κ1) is 13.0. The number of nitrogens with one attached hydrogen (secondary N) is 1. The standard InChI is InChI=1S/C12H15N5O2/c1-3-4-16-8-9(7-14-16)11-5-10(17(18)19)6-12(13-2)15-11/h5-8H,3-4H2,1-2H3,(H,13,15). The first-order valence-electron chi connectivity index (χ1n) is 6.01. The van der Waals surface area contributed by atoms with Crippen molar-refractivity contribution >= 4 is 11.5 Å². The summed E-state index contributed by atoms with van der Waals surface area (Å²) in [6, 6.07) is 2.86. The summed E-state index contributed by atoms with van der Waals surface area (Å²) in [5.74, 6) is 0.465. The van der Waals surface area contributed by atoms with Crippen molar-refractivity contribution in [3.63, 3.8) is 0 Å². The van der Waals surface area contributed by atoms with Gasteiger partial charge in [0.05, 0.1) is 22.9 Å². The number of pyridine rings is 1. The van der Waals surface area contributed by atoms with Crippen molar-refractivity contribution in [2.75, 3.05) is 12.4 Å². The molecule has 0 saturated heterocycles. The van der Waals surface area contributed by atoms with E-state index in [9.17, 15) is 10.1 Å². The minimum absolute atomic E-state index is 0.0117. The van der Waals surface area contributed by atoms with Crippen LogP contribution in [0.2, 0.25) is 0 Å². The molecule has 0 atom stereocenters. The molecule has 0 bridgehead atoms. The molecule has 0 aliphatic heterocycles. The highest BCUT2D eigenvalue weighted by Crippen LogP contribution is 2.24. The predicted molar refractivity (Wildman–Crippen MR) is 72.0 cm³/mol. The first-order chi connectivity index (χ1) is 9.13. The van der Waals surface area contributed by atoms with Crippen LogP contribution in [-0.4, -0.2) is 26.7 Å². The Kier molecular flexibility index (Phi) is 3.74. The van der Waals surface area contributed by atoms with Gasteiger partial charge in [-0.15, -0.1) is 0 Å². The maximum Gasteiger partial charge on any atom is 0.275 e. The fourth-order valence-electron chi connectivity index (χ4n) is 1.74. The summed E-state index contributed by atoms with van der Waals surface area (Å²) in [5.41, 5.74) is 1.33. The van der Waals surface area contributed by atoms with E-state index in [1.165, 1.54) is 12.1 Å². The Hall–Kier alpha value is -2.44. The fourth-order valence-corrected chi connectivity index (χ4v) is 1.74. The monoisotopic (exact) mass is 261 g/mol. The topological polar surface area (TPSA) is 85.9 Å². The van der Waals surface area contributed by atoms with Crippen LogP contribution >= 0.6 is 0 Å². The van der Waals surface area contributed by atoms with E-state index in [1.807, 2.05) is 6.20 Å². The number of hydrogen-bond donors (Lipinski definition) is 1. The van der Waals surface area contributed by atoms with E-state index >= 15 is 0 Å². The zero-order valence-corrected chi connectivity index (χ0v) is 10.8. The van der Waals surface area contributed by atoms with Gasteiger partial charge >= 0.3 is 0 Å². The summed E-state index contributed by atoms with van der Waals surface area (Å²) in [6.07, 6.45) is 4.49. The Bertz CT molecular complexity index is 594. The van der Waals surface area contributed by atoms with Crippen molar-refractivity contribution in [2.24, 2.45) is 0 Å². The Morgan fingerprint density at radius 1 is 1.47 bits per heavy atom. The van der Waals surface area contributed by atoms with Gasteiger partial charge in [-0.05, 0) is 6.42 Å². The summed E-state index contributed by atoms with van der Waals surface area (Å²) < 4.78 is 1.80. The highest BCUT2D eigenvalue weighted by molar-refractivity contribution is 5.64. The van der Waals surface area contributed by atoms with Crippen molar-refractivity contribution in [3.8, 4) is 11.3 Å². The molecule has 0 fully saturated rings. The lowest BCUT2D eigenvalue weighted by Gasteiger charge is -2.02. The van der Waals surface area contributed by atoms with Gasteiger partial charge in [-0.1, -0.05) is 6.92 Å². The number of nitrogens with zero attached hydrogens (tertiary/aromatic N) is 4. The van der Waals surface area contributed by atoms with Gasteiger partial charge in [0.1, 0.15) is 5.82 Å². The Balaban J connectivity index is 2.42. The number of nitro groups is 1. The zero-order chi connectivity index (χ0) is 13.8. The largest absolute Gasteiger partial charge is 0.373 e. The second-order valence-corrected chi connectivity index (χ2v) is 4.10. The van der Waals surface area contributed by atoms with Gasteiger partial charge in [0.25, 0.3) is 5.69 Å². The molecule has 7 nitrogen and oxygen atoms in total. The van der Waals surface area contributed by atoms with Crippen LogP contribution in [0.1, 0.15) is 13.3 Å². The molecule has 7 heteroatoms. The molecule has 2 heterocycles. The highest BCUT2D eigenvalue weighted by atomic mass is 16.6. The number of anilines is 1. The lowest BCUT2D eigenvalue weighted by atomic mass is 10.2. The lowest BCUT2D eigenvalue weighted by Crippen LogP contribution is -1.97. The zero-order valence-electron chi connectivity index (χ0n) is 10.8. The minimum atomic E-state index is -0.428. The molecule has 100 valence electrons. The SMILES string of the molecule is CCCn1cc(-c2cc([N+](=O)[O-])cc(NC)n2)cn1. The number of rotatable bonds is 5. The van der Waals surface area contributed by atoms with E-state index < -0.39 is 4.92 Å². The Morgan fingerprint density at radius 2 is 2.26 bits per heavy atom. The minimum Gasteiger partial charge on any atom is -0.373 e. The third-order valence-corrected chi connectivity index (χ3v) is 2.66. The molecule has 0 amide bonds. The van der Waals surface area contributed by atoms with E-state index in [4.69, 9.17) is 0 Å². The Labute approximate surface area is 110 Å². The molecule has 0 spiro atoms. The van der Waals surface area contributed by atoms with Crippen LogP contribution in [0, 0.1) is 10.1 Å². The van der Waals surface area contributed by atoms with Gasteiger partial charge < -0.3 is 5.32 Å². The number of aromatic nitrogens is 3. The van der Waals surface area contributed by atoms with Crippen molar-refractivity contribution in [2.45, 2.75) is 19.9 Å². The third-order valence-electron chi connectivity index (χ3n) is 2.66. The van der Waals surface area contributed by atoms with Crippen LogP contribution in [0.5, 0.6) is 0 Å². The van der Waals surface area contributed by atoms with E-state index in [2.05, 4.69) is 22.3 Å². The molecule has 0 aromatic carbocycles. The molecule has 19 heavy (non-hydrogen) atoms. The van der Waals surface area contributed by atoms with Crippen LogP contribution in [-0.2, 0) is 6.54 Å². The quantitative estimate of drug-likeness (QED) is 0.659. The molecular formula is C12H15N5O2. The van der Waals surface area contributed by atoms with Crippen LogP contribution in [0.15, 0.2) is 24.5 Å². The fraction of sp³-hybridized carbons (Fsp3) is 0.333. The van der Waals surface area contributed by atoms with Gasteiger partial charge in [0.15, 0.2) is 0 Å². The highest BCUT2D eigenvalue weighted by Gasteiger charge is 2.13. The normalized spacial score (nSPS) is 10.4. The summed E-state index contributed by atoms with van der Waals surface area (Å²) in [7, 11) is 1.68. The smallest absolute Gasteiger partial charge is 0.275 e. The van der Waals surface area contributed by atoms with Crippen LogP contribution < -0.4 is 5.32 Å². The second kappa shape index (κ2) is 5.47. The van der Waals surface area contributed by atoms with Crippen LogP contribution in [0.4, 0.5) is 11.5 Å². The van der Waals surface area contributed by atoms with E-state index in [0.717, 1.165) is 18.5 Å². The number of hydrogen-bond acceptors (Lipinski definition) is 5. The molecule has 2 rings (SSSR count). The molecule has 0 radical (unpaired) electrons. The molecule has 0 aliphatic rings. The Morgan fingerprint density at radius 3 is 2.89 bits per heavy atom. The maximum atomic E-state index is 10.9. The van der Waals surface area contributed by atoms with Gasteiger partial charge in [0, 0.05) is 31.4 Å². The van der Waals surface area contributed by atoms with Crippen molar-refractivity contribution in [1.82, 2.24) is 14.8 Å². The van der Waals surface area contributed by atoms with E-state index in [1.54, 1.807) is 17.9 Å². The molecule has 2 aromatic heterocycles. The predicted octanol–water partition coefficient (Wildman–Crippen LogP) is 2.30. The van der Waals surface area contributed by atoms with Gasteiger partial charge in [0.2, 0.25) is 0 Å². The maximum absolute atomic E-state index is 10.9. The van der Waals surface area contributed by atoms with E-state index in [0.29, 0.717) is 11.5 Å². The van der Waals surface area contributed by atoms with Crippen LogP contribution in [0.3, 0.4) is 0 Å². The van der Waals surface area contributed by atoms with Gasteiger partial charge in [-0.25, -0.2) is 4.98 Å². The first-order valence-corrected chi connectivity index (χ1v) is 6.01. The summed E-state index contributed by atoms with van der Waals surface area (Å²) in [4.78, 5) is 14.8.